The lowest BCUT2D eigenvalue weighted by atomic mass is 10.1. The summed E-state index contributed by atoms with van der Waals surface area (Å²) in [7, 11) is 0. The van der Waals surface area contributed by atoms with E-state index < -0.39 is 0 Å². The summed E-state index contributed by atoms with van der Waals surface area (Å²) in [6.07, 6.45) is -0.241. The van der Waals surface area contributed by atoms with Crippen molar-refractivity contribution in [2.24, 2.45) is 0 Å². The first-order valence-corrected chi connectivity index (χ1v) is 11.5. The van der Waals surface area contributed by atoms with Crippen molar-refractivity contribution in [3.8, 4) is 5.75 Å². The zero-order chi connectivity index (χ0) is 23.5. The number of aryl methyl sites for hydroxylation is 1. The Morgan fingerprint density at radius 3 is 2.71 bits per heavy atom. The molecule has 3 heterocycles. The van der Waals surface area contributed by atoms with E-state index in [4.69, 9.17) is 9.47 Å². The van der Waals surface area contributed by atoms with Gasteiger partial charge < -0.3 is 14.4 Å². The van der Waals surface area contributed by atoms with Crippen LogP contribution in [0.4, 0.5) is 4.39 Å². The van der Waals surface area contributed by atoms with Crippen molar-refractivity contribution in [3.63, 3.8) is 0 Å². The molecule has 2 aliphatic heterocycles. The van der Waals surface area contributed by atoms with Gasteiger partial charge >= 0.3 is 0 Å². The SMILES string of the molecule is Cc1ccc(OCC(=O)N2CCN(Cc3nnn4c3CO[C@@H](c3cccc(F)c3)C4)CC2)cc1. The Balaban J connectivity index is 1.11. The Morgan fingerprint density at radius 1 is 1.15 bits per heavy atom. The van der Waals surface area contributed by atoms with Crippen LogP contribution in [0.25, 0.3) is 0 Å². The second-order valence-electron chi connectivity index (χ2n) is 8.78. The smallest absolute Gasteiger partial charge is 0.260 e. The highest BCUT2D eigenvalue weighted by atomic mass is 19.1. The van der Waals surface area contributed by atoms with Crippen LogP contribution in [-0.4, -0.2) is 63.5 Å². The summed E-state index contributed by atoms with van der Waals surface area (Å²) in [6.45, 7) is 6.44. The maximum absolute atomic E-state index is 13.6. The second-order valence-corrected chi connectivity index (χ2v) is 8.78. The van der Waals surface area contributed by atoms with Crippen LogP contribution in [0, 0.1) is 12.7 Å². The molecular formula is C25H28FN5O3. The highest BCUT2D eigenvalue weighted by molar-refractivity contribution is 5.77. The third-order valence-electron chi connectivity index (χ3n) is 6.38. The molecular weight excluding hydrogens is 437 g/mol. The van der Waals surface area contributed by atoms with Gasteiger partial charge in [-0.05, 0) is 36.8 Å². The van der Waals surface area contributed by atoms with Crippen LogP contribution in [0.5, 0.6) is 5.75 Å². The van der Waals surface area contributed by atoms with E-state index in [0.717, 1.165) is 35.6 Å². The van der Waals surface area contributed by atoms with Gasteiger partial charge in [-0.3, -0.25) is 9.69 Å². The number of carbonyl (C=O) groups is 1. The number of benzene rings is 2. The molecule has 3 aromatic rings. The Hall–Kier alpha value is -3.30. The lowest BCUT2D eigenvalue weighted by molar-refractivity contribution is -0.135. The highest BCUT2D eigenvalue weighted by Gasteiger charge is 2.27. The van der Waals surface area contributed by atoms with Crippen LogP contribution in [0.1, 0.15) is 28.6 Å². The van der Waals surface area contributed by atoms with Crippen molar-refractivity contribution in [1.29, 1.82) is 0 Å². The van der Waals surface area contributed by atoms with Gasteiger partial charge in [0.05, 0.1) is 18.8 Å². The maximum Gasteiger partial charge on any atom is 0.260 e. The summed E-state index contributed by atoms with van der Waals surface area (Å²) >= 11 is 0. The first-order valence-electron chi connectivity index (χ1n) is 11.5. The first-order chi connectivity index (χ1) is 16.5. The highest BCUT2D eigenvalue weighted by Crippen LogP contribution is 2.27. The fraction of sp³-hybridized carbons (Fsp3) is 0.400. The van der Waals surface area contributed by atoms with Crippen molar-refractivity contribution in [3.05, 3.63) is 76.9 Å². The summed E-state index contributed by atoms with van der Waals surface area (Å²) in [5.41, 5.74) is 3.80. The molecule has 2 aliphatic rings. The van der Waals surface area contributed by atoms with Gasteiger partial charge in [-0.25, -0.2) is 9.07 Å². The lowest BCUT2D eigenvalue weighted by Crippen LogP contribution is -2.49. The molecule has 0 saturated carbocycles. The Morgan fingerprint density at radius 2 is 1.94 bits per heavy atom. The van der Waals surface area contributed by atoms with E-state index in [-0.39, 0.29) is 24.4 Å². The number of amides is 1. The van der Waals surface area contributed by atoms with Gasteiger partial charge in [-0.15, -0.1) is 5.10 Å². The van der Waals surface area contributed by atoms with E-state index >= 15 is 0 Å². The normalized spacial score (nSPS) is 18.5. The molecule has 0 N–H and O–H groups in total. The average Bonchev–Trinajstić information content (AvgIpc) is 3.26. The predicted octanol–water partition coefficient (Wildman–Crippen LogP) is 2.72. The number of hydrogen-bond donors (Lipinski definition) is 0. The molecule has 0 aliphatic carbocycles. The lowest BCUT2D eigenvalue weighted by Gasteiger charge is -2.34. The molecule has 34 heavy (non-hydrogen) atoms. The molecule has 0 radical (unpaired) electrons. The summed E-state index contributed by atoms with van der Waals surface area (Å²) in [6, 6.07) is 14.2. The van der Waals surface area contributed by atoms with Gasteiger partial charge in [0, 0.05) is 32.7 Å². The van der Waals surface area contributed by atoms with Crippen molar-refractivity contribution in [2.45, 2.75) is 32.7 Å². The summed E-state index contributed by atoms with van der Waals surface area (Å²) in [4.78, 5) is 16.7. The number of halogens is 1. The van der Waals surface area contributed by atoms with Crippen molar-refractivity contribution >= 4 is 5.91 Å². The van der Waals surface area contributed by atoms with Crippen LogP contribution in [-0.2, 0) is 29.2 Å². The minimum atomic E-state index is -0.273. The van der Waals surface area contributed by atoms with Crippen molar-refractivity contribution in [1.82, 2.24) is 24.8 Å². The molecule has 5 rings (SSSR count). The van der Waals surface area contributed by atoms with E-state index in [1.807, 2.05) is 46.8 Å². The molecule has 1 atom stereocenters. The average molecular weight is 466 g/mol. The molecule has 0 bridgehead atoms. The second kappa shape index (κ2) is 9.90. The molecule has 178 valence electrons. The van der Waals surface area contributed by atoms with Crippen molar-refractivity contribution < 1.29 is 18.7 Å². The number of carbonyl (C=O) groups excluding carboxylic acids is 1. The van der Waals surface area contributed by atoms with Crippen LogP contribution in [0.2, 0.25) is 0 Å². The monoisotopic (exact) mass is 465 g/mol. The topological polar surface area (TPSA) is 72.7 Å². The van der Waals surface area contributed by atoms with Gasteiger partial charge in [0.25, 0.3) is 5.91 Å². The fourth-order valence-corrected chi connectivity index (χ4v) is 4.33. The quantitative estimate of drug-likeness (QED) is 0.558. The largest absolute Gasteiger partial charge is 0.484 e. The zero-order valence-corrected chi connectivity index (χ0v) is 19.2. The zero-order valence-electron chi connectivity index (χ0n) is 19.2. The molecule has 0 unspecified atom stereocenters. The minimum absolute atomic E-state index is 0.00180. The number of ether oxygens (including phenoxy) is 2. The molecule has 1 aromatic heterocycles. The summed E-state index contributed by atoms with van der Waals surface area (Å²) < 4.78 is 27.1. The Bertz CT molecular complexity index is 1140. The minimum Gasteiger partial charge on any atom is -0.484 e. The Kier molecular flexibility index (Phi) is 6.55. The maximum atomic E-state index is 13.6. The number of fused-ring (bicyclic) bond motifs is 1. The van der Waals surface area contributed by atoms with Gasteiger partial charge in [0.15, 0.2) is 6.61 Å². The number of rotatable bonds is 6. The predicted molar refractivity (Wildman–Crippen MR) is 122 cm³/mol. The van der Waals surface area contributed by atoms with E-state index in [0.29, 0.717) is 38.5 Å². The number of hydrogen-bond acceptors (Lipinski definition) is 6. The number of piperazine rings is 1. The van der Waals surface area contributed by atoms with Crippen LogP contribution < -0.4 is 4.74 Å². The third kappa shape index (κ3) is 5.10. The number of aromatic nitrogens is 3. The van der Waals surface area contributed by atoms with Gasteiger partial charge in [-0.1, -0.05) is 35.0 Å². The molecule has 1 fully saturated rings. The first kappa shape index (κ1) is 22.5. The summed E-state index contributed by atoms with van der Waals surface area (Å²) in [5.74, 6) is 0.431. The molecule has 0 spiro atoms. The molecule has 1 saturated heterocycles. The van der Waals surface area contributed by atoms with Crippen molar-refractivity contribution in [2.75, 3.05) is 32.8 Å². The molecule has 8 nitrogen and oxygen atoms in total. The fourth-order valence-electron chi connectivity index (χ4n) is 4.33. The molecule has 2 aromatic carbocycles. The molecule has 9 heteroatoms. The third-order valence-corrected chi connectivity index (χ3v) is 6.38. The standard InChI is InChI=1S/C25H28FN5O3/c1-18-5-7-21(8-6-18)33-17-25(32)30-11-9-29(10-12-30)14-22-23-16-34-24(15-31(23)28-27-22)19-3-2-4-20(26)13-19/h2-8,13,24H,9-12,14-17H2,1H3/t24-/m1/s1. The van der Waals surface area contributed by atoms with Gasteiger partial charge in [0.1, 0.15) is 23.4 Å². The van der Waals surface area contributed by atoms with Crippen LogP contribution in [0.15, 0.2) is 48.5 Å². The van der Waals surface area contributed by atoms with E-state index in [2.05, 4.69) is 15.2 Å². The Labute approximate surface area is 197 Å². The van der Waals surface area contributed by atoms with E-state index in [9.17, 15) is 9.18 Å². The van der Waals surface area contributed by atoms with Crippen LogP contribution >= 0.6 is 0 Å². The van der Waals surface area contributed by atoms with Crippen LogP contribution in [0.3, 0.4) is 0 Å². The van der Waals surface area contributed by atoms with E-state index in [1.165, 1.54) is 12.1 Å². The number of nitrogens with zero attached hydrogens (tertiary/aromatic N) is 5. The summed E-state index contributed by atoms with van der Waals surface area (Å²) in [5, 5.41) is 8.68. The molecule has 1 amide bonds. The van der Waals surface area contributed by atoms with E-state index in [1.54, 1.807) is 6.07 Å². The van der Waals surface area contributed by atoms with Gasteiger partial charge in [-0.2, -0.15) is 0 Å². The van der Waals surface area contributed by atoms with Gasteiger partial charge in [0.2, 0.25) is 0 Å².